The Morgan fingerprint density at radius 1 is 0.540 bits per heavy atom. The molecule has 0 saturated carbocycles. The van der Waals surface area contributed by atoms with E-state index in [9.17, 15) is 34.5 Å². The summed E-state index contributed by atoms with van der Waals surface area (Å²) in [4.78, 5) is 50.6. The van der Waals surface area contributed by atoms with Crippen molar-refractivity contribution in [2.24, 2.45) is 0 Å². The van der Waals surface area contributed by atoms with Crippen LogP contribution in [0.25, 0.3) is 0 Å². The molecule has 0 aliphatic carbocycles. The van der Waals surface area contributed by atoms with Crippen LogP contribution in [0.2, 0.25) is 0 Å². The molecule has 1 saturated heterocycles. The van der Waals surface area contributed by atoms with E-state index >= 15 is 0 Å². The second-order valence-corrected chi connectivity index (χ2v) is 17.1. The van der Waals surface area contributed by atoms with Crippen LogP contribution in [0.4, 0.5) is 0 Å². The number of esters is 3. The van der Waals surface area contributed by atoms with Gasteiger partial charge in [0.25, 0.3) is 0 Å². The standard InChI is InChI=1S/C51H88O12/c1-4-7-10-13-16-19-20-21-22-23-24-27-28-31-34-37-43(52)59-40-42(61-44(53)38-35-32-29-25-17-14-11-8-5-2)41-60-51-49(47(56)46(55)48(63-51)50(57)58)62-45(54)39-36-33-30-26-18-15-12-9-6-3/h7,10,16,19,21-22,42,46-49,51,55-56H,4-6,8-9,11-15,17-18,20,23-41H2,1-3H3,(H,57,58)/b10-7-,19-16-,22-21-. The summed E-state index contributed by atoms with van der Waals surface area (Å²) in [5.41, 5.74) is 0. The first-order chi connectivity index (χ1) is 30.6. The molecule has 1 heterocycles. The topological polar surface area (TPSA) is 175 Å². The van der Waals surface area contributed by atoms with Gasteiger partial charge in [0, 0.05) is 19.3 Å². The molecule has 0 radical (unpaired) electrons. The Hall–Kier alpha value is -3.06. The van der Waals surface area contributed by atoms with Crippen LogP contribution in [0.1, 0.15) is 213 Å². The zero-order valence-corrected chi connectivity index (χ0v) is 39.6. The highest BCUT2D eigenvalue weighted by Crippen LogP contribution is 2.26. The summed E-state index contributed by atoms with van der Waals surface area (Å²) in [6.07, 6.45) is 31.6. The number of aliphatic hydroxyl groups excluding tert-OH is 2. The fraction of sp³-hybridized carbons (Fsp3) is 0.804. The van der Waals surface area contributed by atoms with Crippen LogP contribution in [0.5, 0.6) is 0 Å². The molecule has 1 rings (SSSR count). The minimum Gasteiger partial charge on any atom is -0.479 e. The van der Waals surface area contributed by atoms with Gasteiger partial charge in [-0.3, -0.25) is 14.4 Å². The molecule has 6 atom stereocenters. The molecule has 0 aromatic heterocycles. The van der Waals surface area contributed by atoms with Gasteiger partial charge in [0.05, 0.1) is 6.61 Å². The van der Waals surface area contributed by atoms with Crippen LogP contribution >= 0.6 is 0 Å². The lowest BCUT2D eigenvalue weighted by Gasteiger charge is -2.40. The first-order valence-electron chi connectivity index (χ1n) is 25.0. The summed E-state index contributed by atoms with van der Waals surface area (Å²) in [6.45, 7) is 5.78. The van der Waals surface area contributed by atoms with Crippen molar-refractivity contribution in [3.63, 3.8) is 0 Å². The van der Waals surface area contributed by atoms with Crippen molar-refractivity contribution >= 4 is 23.9 Å². The van der Waals surface area contributed by atoms with E-state index in [1.165, 1.54) is 57.8 Å². The normalized spacial score (nSPS) is 19.5. The molecular formula is C51H88O12. The average Bonchev–Trinajstić information content (AvgIpc) is 3.26. The number of carbonyl (C=O) groups is 4. The van der Waals surface area contributed by atoms with Crippen molar-refractivity contribution < 1.29 is 58.2 Å². The summed E-state index contributed by atoms with van der Waals surface area (Å²) >= 11 is 0. The molecule has 12 nitrogen and oxygen atoms in total. The first-order valence-corrected chi connectivity index (χ1v) is 25.0. The van der Waals surface area contributed by atoms with Gasteiger partial charge in [-0.1, -0.05) is 179 Å². The highest BCUT2D eigenvalue weighted by molar-refractivity contribution is 5.74. The molecule has 1 fully saturated rings. The molecule has 63 heavy (non-hydrogen) atoms. The van der Waals surface area contributed by atoms with E-state index in [-0.39, 0.29) is 25.9 Å². The van der Waals surface area contributed by atoms with E-state index in [0.717, 1.165) is 96.3 Å². The van der Waals surface area contributed by atoms with Crippen molar-refractivity contribution in [1.82, 2.24) is 0 Å². The number of unbranched alkanes of at least 4 members (excludes halogenated alkanes) is 21. The van der Waals surface area contributed by atoms with Gasteiger partial charge in [-0.2, -0.15) is 0 Å². The lowest BCUT2D eigenvalue weighted by Crippen LogP contribution is -2.61. The predicted molar refractivity (Wildman–Crippen MR) is 248 cm³/mol. The highest BCUT2D eigenvalue weighted by Gasteiger charge is 2.50. The number of aliphatic hydroxyl groups is 2. The summed E-state index contributed by atoms with van der Waals surface area (Å²) in [7, 11) is 0. The lowest BCUT2D eigenvalue weighted by atomic mass is 9.98. The maximum Gasteiger partial charge on any atom is 0.335 e. The molecule has 0 aromatic rings. The van der Waals surface area contributed by atoms with E-state index < -0.39 is 67.3 Å². The van der Waals surface area contributed by atoms with Crippen molar-refractivity contribution in [2.45, 2.75) is 250 Å². The smallest absolute Gasteiger partial charge is 0.335 e. The largest absolute Gasteiger partial charge is 0.479 e. The third-order valence-corrected chi connectivity index (χ3v) is 11.2. The van der Waals surface area contributed by atoms with E-state index in [0.29, 0.717) is 19.3 Å². The summed E-state index contributed by atoms with van der Waals surface area (Å²) in [6, 6.07) is 0. The van der Waals surface area contributed by atoms with Gasteiger partial charge in [0.15, 0.2) is 24.6 Å². The third-order valence-electron chi connectivity index (χ3n) is 11.2. The Labute approximate surface area is 381 Å². The van der Waals surface area contributed by atoms with Gasteiger partial charge in [-0.25, -0.2) is 4.79 Å². The molecule has 3 N–H and O–H groups in total. The Morgan fingerprint density at radius 3 is 1.52 bits per heavy atom. The van der Waals surface area contributed by atoms with Gasteiger partial charge in [0.1, 0.15) is 18.8 Å². The van der Waals surface area contributed by atoms with Crippen LogP contribution in [-0.4, -0.2) is 89.2 Å². The molecule has 1 aliphatic heterocycles. The minimum atomic E-state index is -1.90. The van der Waals surface area contributed by atoms with Crippen LogP contribution < -0.4 is 0 Å². The fourth-order valence-electron chi connectivity index (χ4n) is 7.38. The first kappa shape index (κ1) is 58.0. The number of carboxylic acid groups (broad SMARTS) is 1. The lowest BCUT2D eigenvalue weighted by molar-refractivity contribution is -0.301. The van der Waals surface area contributed by atoms with Gasteiger partial charge in [-0.15, -0.1) is 0 Å². The summed E-state index contributed by atoms with van der Waals surface area (Å²) in [5, 5.41) is 31.2. The Balaban J connectivity index is 2.73. The van der Waals surface area contributed by atoms with Crippen molar-refractivity contribution in [1.29, 1.82) is 0 Å². The van der Waals surface area contributed by atoms with Gasteiger partial charge in [-0.05, 0) is 51.4 Å². The van der Waals surface area contributed by atoms with Crippen LogP contribution in [0.3, 0.4) is 0 Å². The second-order valence-electron chi connectivity index (χ2n) is 17.1. The molecule has 364 valence electrons. The van der Waals surface area contributed by atoms with E-state index in [4.69, 9.17) is 23.7 Å². The van der Waals surface area contributed by atoms with E-state index in [1.807, 2.05) is 0 Å². The zero-order chi connectivity index (χ0) is 46.2. The molecule has 0 amide bonds. The minimum absolute atomic E-state index is 0.0619. The summed E-state index contributed by atoms with van der Waals surface area (Å²) < 4.78 is 28.2. The zero-order valence-electron chi connectivity index (χ0n) is 39.6. The Kier molecular flexibility index (Phi) is 37.2. The Morgan fingerprint density at radius 2 is 1.00 bits per heavy atom. The van der Waals surface area contributed by atoms with Crippen molar-refractivity contribution in [2.75, 3.05) is 13.2 Å². The quantitative estimate of drug-likeness (QED) is 0.0230. The predicted octanol–water partition coefficient (Wildman–Crippen LogP) is 11.3. The SMILES string of the molecule is CC/C=C\C/C=C\C/C=C\CCCCCCCC(=O)OCC(COC1OC(C(=O)O)C(O)C(O)C1OC(=O)CCCCCCCCCCC)OC(=O)CCCCCCCCCCC. The highest BCUT2D eigenvalue weighted by atomic mass is 16.7. The van der Waals surface area contributed by atoms with Crippen molar-refractivity contribution in [3.8, 4) is 0 Å². The number of hydrogen-bond acceptors (Lipinski definition) is 11. The van der Waals surface area contributed by atoms with E-state index in [1.54, 1.807) is 0 Å². The number of allylic oxidation sites excluding steroid dienone is 6. The number of carboxylic acids is 1. The van der Waals surface area contributed by atoms with Gasteiger partial charge in [0.2, 0.25) is 0 Å². The van der Waals surface area contributed by atoms with Crippen LogP contribution in [-0.2, 0) is 42.9 Å². The molecule has 0 aromatic carbocycles. The molecule has 6 unspecified atom stereocenters. The summed E-state index contributed by atoms with van der Waals surface area (Å²) in [5.74, 6) is -3.14. The van der Waals surface area contributed by atoms with Gasteiger partial charge >= 0.3 is 23.9 Å². The molecule has 1 aliphatic rings. The van der Waals surface area contributed by atoms with Gasteiger partial charge < -0.3 is 39.0 Å². The number of aliphatic carboxylic acids is 1. The number of ether oxygens (including phenoxy) is 5. The number of carbonyl (C=O) groups excluding carboxylic acids is 3. The van der Waals surface area contributed by atoms with Crippen LogP contribution in [0.15, 0.2) is 36.5 Å². The maximum absolute atomic E-state index is 13.0. The molecule has 0 bridgehead atoms. The molecule has 12 heteroatoms. The third kappa shape index (κ3) is 31.5. The average molecular weight is 893 g/mol. The number of hydrogen-bond donors (Lipinski definition) is 3. The molecule has 0 spiro atoms. The van der Waals surface area contributed by atoms with E-state index in [2.05, 4.69) is 57.2 Å². The fourth-order valence-corrected chi connectivity index (χ4v) is 7.38. The van der Waals surface area contributed by atoms with Crippen LogP contribution in [0, 0.1) is 0 Å². The van der Waals surface area contributed by atoms with Crippen molar-refractivity contribution in [3.05, 3.63) is 36.5 Å². The number of rotatable bonds is 41. The molecular weight excluding hydrogens is 805 g/mol. The second kappa shape index (κ2) is 40.4. The maximum atomic E-state index is 13.0. The monoisotopic (exact) mass is 893 g/mol. The Bertz CT molecular complexity index is 1250.